The minimum atomic E-state index is -0.896. The van der Waals surface area contributed by atoms with Gasteiger partial charge in [-0.05, 0) is 56.1 Å². The molecule has 4 atom stereocenters. The molecule has 2 aromatic rings. The smallest absolute Gasteiger partial charge is 0.268 e. The van der Waals surface area contributed by atoms with Crippen LogP contribution < -0.4 is 5.32 Å². The molecule has 2 bridgehead atoms. The molecule has 134 valence electrons. The summed E-state index contributed by atoms with van der Waals surface area (Å²) in [6, 6.07) is 3.26. The van der Waals surface area contributed by atoms with Gasteiger partial charge in [-0.15, -0.1) is 0 Å². The summed E-state index contributed by atoms with van der Waals surface area (Å²) in [7, 11) is 0. The highest BCUT2D eigenvalue weighted by molar-refractivity contribution is 6.35. The Morgan fingerprint density at radius 1 is 1.36 bits per heavy atom. The van der Waals surface area contributed by atoms with Gasteiger partial charge in [0.05, 0.1) is 16.7 Å². The van der Waals surface area contributed by atoms with Crippen LogP contribution in [0, 0.1) is 24.2 Å². The second-order valence-electron chi connectivity index (χ2n) is 8.48. The maximum absolute atomic E-state index is 12.7. The average molecular weight is 362 g/mol. The van der Waals surface area contributed by atoms with Crippen molar-refractivity contribution >= 4 is 28.5 Å². The van der Waals surface area contributed by atoms with Crippen LogP contribution in [0.3, 0.4) is 0 Å². The van der Waals surface area contributed by atoms with Crippen molar-refractivity contribution in [3.05, 3.63) is 28.5 Å². The highest BCUT2D eigenvalue weighted by atomic mass is 35.5. The van der Waals surface area contributed by atoms with E-state index in [0.717, 1.165) is 23.9 Å². The van der Waals surface area contributed by atoms with Crippen molar-refractivity contribution in [3.63, 3.8) is 0 Å². The first kappa shape index (κ1) is 16.9. The van der Waals surface area contributed by atoms with Gasteiger partial charge in [0.2, 0.25) is 0 Å². The third-order valence-corrected chi connectivity index (χ3v) is 6.94. The molecule has 25 heavy (non-hydrogen) atoms. The molecule has 2 heterocycles. The lowest BCUT2D eigenvalue weighted by atomic mass is 9.43. The fourth-order valence-corrected chi connectivity index (χ4v) is 5.22. The molecule has 5 nitrogen and oxygen atoms in total. The van der Waals surface area contributed by atoms with Crippen molar-refractivity contribution in [2.45, 2.75) is 52.2 Å². The molecular weight excluding hydrogens is 338 g/mol. The number of halogens is 1. The third kappa shape index (κ3) is 2.40. The van der Waals surface area contributed by atoms with E-state index in [1.807, 2.05) is 13.8 Å². The molecule has 0 aromatic carbocycles. The Morgan fingerprint density at radius 2 is 2.08 bits per heavy atom. The number of hydrogen-bond donors (Lipinski definition) is 3. The number of carbonyl (C=O) groups excluding carboxylic acids is 1. The quantitative estimate of drug-likeness (QED) is 0.766. The number of rotatable bonds is 2. The minimum Gasteiger partial charge on any atom is -0.388 e. The molecule has 3 fully saturated rings. The number of aromatic amines is 1. The lowest BCUT2D eigenvalue weighted by molar-refractivity contribution is -0.207. The Hall–Kier alpha value is -1.59. The molecule has 6 heteroatoms. The number of aryl methyl sites for hydroxylation is 1. The maximum atomic E-state index is 12.7. The number of hydrogen-bond acceptors (Lipinski definition) is 3. The van der Waals surface area contributed by atoms with E-state index in [-0.39, 0.29) is 23.3 Å². The average Bonchev–Trinajstić information content (AvgIpc) is 2.92. The Kier molecular flexibility index (Phi) is 3.51. The van der Waals surface area contributed by atoms with Crippen molar-refractivity contribution in [1.29, 1.82) is 0 Å². The second kappa shape index (κ2) is 5.21. The lowest BCUT2D eigenvalue weighted by Crippen LogP contribution is -2.70. The molecule has 0 radical (unpaired) electrons. The van der Waals surface area contributed by atoms with E-state index >= 15 is 0 Å². The van der Waals surface area contributed by atoms with Gasteiger partial charge in [0.15, 0.2) is 0 Å². The number of fused-ring (bicyclic) bond motifs is 3. The largest absolute Gasteiger partial charge is 0.388 e. The first-order chi connectivity index (χ1) is 11.6. The number of nitrogens with one attached hydrogen (secondary N) is 2. The number of H-pyrrole nitrogens is 1. The summed E-state index contributed by atoms with van der Waals surface area (Å²) in [5, 5.41) is 15.4. The van der Waals surface area contributed by atoms with E-state index in [4.69, 9.17) is 11.6 Å². The highest BCUT2D eigenvalue weighted by Crippen LogP contribution is 2.62. The molecule has 0 unspecified atom stereocenters. The zero-order chi connectivity index (χ0) is 18.1. The van der Waals surface area contributed by atoms with Gasteiger partial charge < -0.3 is 15.4 Å². The molecule has 0 aliphatic heterocycles. The Balaban J connectivity index is 1.58. The summed E-state index contributed by atoms with van der Waals surface area (Å²) in [5.41, 5.74) is 1.07. The number of amides is 1. The fraction of sp³-hybridized carbons (Fsp3) is 0.579. The molecule has 0 spiro atoms. The summed E-state index contributed by atoms with van der Waals surface area (Å²) in [6.07, 6.45) is 1.85. The number of pyridine rings is 1. The van der Waals surface area contributed by atoms with Crippen LogP contribution in [0.1, 0.15) is 49.8 Å². The summed E-state index contributed by atoms with van der Waals surface area (Å²) in [4.78, 5) is 20.2. The molecule has 3 N–H and O–H groups in total. The van der Waals surface area contributed by atoms with Crippen molar-refractivity contribution < 1.29 is 9.90 Å². The van der Waals surface area contributed by atoms with Crippen LogP contribution in [0.25, 0.3) is 11.0 Å². The van der Waals surface area contributed by atoms with Gasteiger partial charge >= 0.3 is 0 Å². The van der Waals surface area contributed by atoms with Gasteiger partial charge in [-0.3, -0.25) is 4.79 Å². The lowest BCUT2D eigenvalue weighted by Gasteiger charge is -2.65. The van der Waals surface area contributed by atoms with E-state index in [1.165, 1.54) is 0 Å². The zero-order valence-corrected chi connectivity index (χ0v) is 15.7. The number of aliphatic hydroxyl groups is 1. The Bertz CT molecular complexity index is 871. The summed E-state index contributed by atoms with van der Waals surface area (Å²) in [5.74, 6) is 0.533. The molecular formula is C19H24ClN3O2. The number of nitrogens with zero attached hydrogens (tertiary/aromatic N) is 1. The van der Waals surface area contributed by atoms with Crippen molar-refractivity contribution in [1.82, 2.24) is 15.3 Å². The van der Waals surface area contributed by atoms with Crippen LogP contribution in [0.4, 0.5) is 0 Å². The Morgan fingerprint density at radius 3 is 2.72 bits per heavy atom. The van der Waals surface area contributed by atoms with Gasteiger partial charge in [-0.2, -0.15) is 0 Å². The normalized spacial score (nSPS) is 33.1. The van der Waals surface area contributed by atoms with Gasteiger partial charge in [0.25, 0.3) is 5.91 Å². The van der Waals surface area contributed by atoms with Crippen LogP contribution in [-0.2, 0) is 0 Å². The first-order valence-electron chi connectivity index (χ1n) is 8.79. The van der Waals surface area contributed by atoms with Crippen LogP contribution in [-0.4, -0.2) is 32.6 Å². The van der Waals surface area contributed by atoms with E-state index in [1.54, 1.807) is 12.1 Å². The predicted octanol–water partition coefficient (Wildman–Crippen LogP) is 3.44. The maximum Gasteiger partial charge on any atom is 0.268 e. The van der Waals surface area contributed by atoms with Crippen molar-refractivity contribution in [2.24, 2.45) is 17.3 Å². The topological polar surface area (TPSA) is 78.0 Å². The van der Waals surface area contributed by atoms with E-state index < -0.39 is 5.60 Å². The van der Waals surface area contributed by atoms with Crippen molar-refractivity contribution in [3.8, 4) is 0 Å². The summed E-state index contributed by atoms with van der Waals surface area (Å²) >= 11 is 6.24. The molecule has 5 rings (SSSR count). The van der Waals surface area contributed by atoms with Gasteiger partial charge in [0, 0.05) is 11.1 Å². The van der Waals surface area contributed by atoms with Gasteiger partial charge in [0.1, 0.15) is 11.3 Å². The minimum absolute atomic E-state index is 0.140. The molecule has 3 saturated carbocycles. The van der Waals surface area contributed by atoms with E-state index in [9.17, 15) is 9.90 Å². The van der Waals surface area contributed by atoms with E-state index in [2.05, 4.69) is 29.1 Å². The van der Waals surface area contributed by atoms with Crippen molar-refractivity contribution in [2.75, 3.05) is 0 Å². The molecule has 3 aliphatic carbocycles. The molecule has 2 aromatic heterocycles. The predicted molar refractivity (Wildman–Crippen MR) is 97.7 cm³/mol. The van der Waals surface area contributed by atoms with Crippen LogP contribution in [0.2, 0.25) is 5.02 Å². The third-order valence-electron chi connectivity index (χ3n) is 6.63. The molecule has 0 saturated heterocycles. The second-order valence-corrected chi connectivity index (χ2v) is 8.89. The first-order valence-corrected chi connectivity index (χ1v) is 9.17. The van der Waals surface area contributed by atoms with Crippen LogP contribution in [0.5, 0.6) is 0 Å². The monoisotopic (exact) mass is 361 g/mol. The van der Waals surface area contributed by atoms with Gasteiger partial charge in [-0.25, -0.2) is 4.98 Å². The molecule has 3 aliphatic rings. The molecule has 1 amide bonds. The number of aromatic nitrogens is 2. The SMILES string of the molecule is Cc1cc(Cl)c2cc(C(=O)N[C@H]3C[C@H]4C[C@H](C4(C)C)[C@@]3(C)O)[nH]c2n1. The highest BCUT2D eigenvalue weighted by Gasteiger charge is 2.63. The van der Waals surface area contributed by atoms with Crippen LogP contribution in [0.15, 0.2) is 12.1 Å². The number of carbonyl (C=O) groups is 1. The fourth-order valence-electron chi connectivity index (χ4n) is 4.92. The Labute approximate surface area is 152 Å². The zero-order valence-electron chi connectivity index (χ0n) is 15.0. The summed E-state index contributed by atoms with van der Waals surface area (Å²) in [6.45, 7) is 8.14. The van der Waals surface area contributed by atoms with Gasteiger partial charge in [-0.1, -0.05) is 25.4 Å². The van der Waals surface area contributed by atoms with E-state index in [0.29, 0.717) is 22.3 Å². The summed E-state index contributed by atoms with van der Waals surface area (Å²) < 4.78 is 0. The van der Waals surface area contributed by atoms with Crippen LogP contribution >= 0.6 is 11.6 Å². The standard InChI is InChI=1S/C19H24ClN3O2/c1-9-5-12(20)11-8-13(22-16(11)21-9)17(24)23-15-7-10-6-14(18(10,2)3)19(15,4)25/h5,8,10,14-15,25H,6-7H2,1-4H3,(H,21,22)(H,23,24)/t10-,14-,15+,19-/m1/s1.